The molecular weight excluding hydrogens is 328 g/mol. The van der Waals surface area contributed by atoms with E-state index in [1.54, 1.807) is 0 Å². The molecule has 0 aliphatic carbocycles. The van der Waals surface area contributed by atoms with Gasteiger partial charge in [0.1, 0.15) is 5.00 Å². The van der Waals surface area contributed by atoms with Crippen LogP contribution in [-0.4, -0.2) is 22.3 Å². The quantitative estimate of drug-likeness (QED) is 0.854. The Morgan fingerprint density at radius 3 is 2.58 bits per heavy atom. The number of carbonyl (C=O) groups excluding carboxylic acids is 2. The van der Waals surface area contributed by atoms with Crippen molar-refractivity contribution < 1.29 is 18.7 Å². The van der Waals surface area contributed by atoms with Gasteiger partial charge in [-0.3, -0.25) is 9.59 Å². The molecule has 2 aromatic heterocycles. The molecule has 1 aliphatic rings. The second kappa shape index (κ2) is 5.53. The van der Waals surface area contributed by atoms with Gasteiger partial charge in [0.25, 0.3) is 5.91 Å². The van der Waals surface area contributed by atoms with E-state index in [0.717, 1.165) is 10.4 Å². The highest BCUT2D eigenvalue weighted by Gasteiger charge is 2.42. The fourth-order valence-electron chi connectivity index (χ4n) is 3.27. The number of aromatic nitrogens is 1. The highest BCUT2D eigenvalue weighted by molar-refractivity contribution is 7.17. The number of ether oxygens (including phenoxy) is 1. The third-order valence-corrected chi connectivity index (χ3v) is 5.38. The van der Waals surface area contributed by atoms with E-state index in [2.05, 4.69) is 10.3 Å². The summed E-state index contributed by atoms with van der Waals surface area (Å²) in [6, 6.07) is 0. The van der Waals surface area contributed by atoms with Crippen LogP contribution in [0.1, 0.15) is 66.0 Å². The molecule has 0 radical (unpaired) electrons. The van der Waals surface area contributed by atoms with Gasteiger partial charge in [0, 0.05) is 11.3 Å². The first-order chi connectivity index (χ1) is 11.1. The molecular formula is C17H20N2O4S. The highest BCUT2D eigenvalue weighted by Crippen LogP contribution is 2.48. The summed E-state index contributed by atoms with van der Waals surface area (Å²) in [5.41, 5.74) is 0.615. The first-order valence-corrected chi connectivity index (χ1v) is 8.49. The first-order valence-electron chi connectivity index (χ1n) is 7.68. The van der Waals surface area contributed by atoms with Crippen LogP contribution in [0.3, 0.4) is 0 Å². The van der Waals surface area contributed by atoms with E-state index in [1.807, 2.05) is 27.7 Å². The number of nitrogens with one attached hydrogen (secondary N) is 1. The minimum Gasteiger partial charge on any atom is -0.438 e. The number of thiophene rings is 1. The maximum absolute atomic E-state index is 12.3. The molecule has 128 valence electrons. The van der Waals surface area contributed by atoms with Crippen molar-refractivity contribution in [3.8, 4) is 0 Å². The van der Waals surface area contributed by atoms with Gasteiger partial charge in [-0.1, -0.05) is 0 Å². The second-order valence-electron chi connectivity index (χ2n) is 7.04. The zero-order valence-corrected chi connectivity index (χ0v) is 15.2. The van der Waals surface area contributed by atoms with Gasteiger partial charge in [0.2, 0.25) is 5.76 Å². The van der Waals surface area contributed by atoms with Gasteiger partial charge < -0.3 is 14.5 Å². The molecule has 0 unspecified atom stereocenters. The topological polar surface area (TPSA) is 81.4 Å². The average Bonchev–Trinajstić information content (AvgIpc) is 3.03. The molecule has 0 saturated heterocycles. The molecule has 3 rings (SSSR count). The van der Waals surface area contributed by atoms with Crippen LogP contribution in [0.25, 0.3) is 0 Å². The number of hydrogen-bond donors (Lipinski definition) is 1. The van der Waals surface area contributed by atoms with Gasteiger partial charge >= 0.3 is 0 Å². The Kier molecular flexibility index (Phi) is 3.88. The summed E-state index contributed by atoms with van der Waals surface area (Å²) < 4.78 is 11.2. The summed E-state index contributed by atoms with van der Waals surface area (Å²) >= 11 is 1.38. The Morgan fingerprint density at radius 1 is 1.29 bits per heavy atom. The highest BCUT2D eigenvalue weighted by atomic mass is 32.1. The minimum atomic E-state index is -0.527. The normalized spacial score (nSPS) is 18.0. The number of hydrogen-bond acceptors (Lipinski definition) is 6. The van der Waals surface area contributed by atoms with Gasteiger partial charge in [-0.2, -0.15) is 0 Å². The molecule has 2 aromatic rings. The molecule has 0 saturated carbocycles. The molecule has 0 fully saturated rings. The second-order valence-corrected chi connectivity index (χ2v) is 8.06. The summed E-state index contributed by atoms with van der Waals surface area (Å²) in [7, 11) is 0. The lowest BCUT2D eigenvalue weighted by molar-refractivity contribution is -0.135. The Labute approximate surface area is 144 Å². The smallest absolute Gasteiger partial charge is 0.293 e. The Bertz CT molecular complexity index is 803. The number of rotatable bonds is 3. The molecule has 7 heteroatoms. The van der Waals surface area contributed by atoms with Crippen LogP contribution in [0, 0.1) is 0 Å². The summed E-state index contributed by atoms with van der Waals surface area (Å²) in [6.07, 6.45) is 3.15. The molecule has 1 amide bonds. The molecule has 6 nitrogen and oxygen atoms in total. The van der Waals surface area contributed by atoms with Crippen molar-refractivity contribution in [2.24, 2.45) is 0 Å². The Morgan fingerprint density at radius 2 is 2.00 bits per heavy atom. The van der Waals surface area contributed by atoms with E-state index in [4.69, 9.17) is 9.15 Å². The zero-order chi connectivity index (χ0) is 17.7. The minimum absolute atomic E-state index is 0.0751. The number of nitrogens with zero attached hydrogens (tertiary/aromatic N) is 1. The summed E-state index contributed by atoms with van der Waals surface area (Å²) in [5.74, 6) is -0.396. The molecule has 0 aromatic carbocycles. The van der Waals surface area contributed by atoms with Crippen molar-refractivity contribution in [3.05, 3.63) is 34.4 Å². The van der Waals surface area contributed by atoms with Crippen LogP contribution in [0.2, 0.25) is 0 Å². The standard InChI is InChI=1S/C17H20N2O4S/c1-9(20)12-10-6-16(2,3)23-17(4,5)13(10)24-15(12)19-14(21)11-7-18-8-22-11/h7-8H,6H2,1-5H3,(H,19,21). The molecule has 0 bridgehead atoms. The van der Waals surface area contributed by atoms with E-state index in [1.165, 1.54) is 30.9 Å². The fraction of sp³-hybridized carbons (Fsp3) is 0.471. The van der Waals surface area contributed by atoms with Crippen LogP contribution < -0.4 is 5.32 Å². The Hall–Kier alpha value is -1.99. The maximum Gasteiger partial charge on any atom is 0.293 e. The van der Waals surface area contributed by atoms with E-state index in [9.17, 15) is 9.59 Å². The largest absolute Gasteiger partial charge is 0.438 e. The molecule has 0 spiro atoms. The molecule has 1 N–H and O–H groups in total. The number of oxazole rings is 1. The lowest BCUT2D eigenvalue weighted by Crippen LogP contribution is -2.41. The van der Waals surface area contributed by atoms with Crippen molar-refractivity contribution in [1.82, 2.24) is 4.98 Å². The van der Waals surface area contributed by atoms with Crippen molar-refractivity contribution in [3.63, 3.8) is 0 Å². The number of amides is 1. The van der Waals surface area contributed by atoms with E-state index in [0.29, 0.717) is 17.0 Å². The van der Waals surface area contributed by atoms with E-state index >= 15 is 0 Å². The van der Waals surface area contributed by atoms with Crippen molar-refractivity contribution in [2.45, 2.75) is 52.2 Å². The average molecular weight is 348 g/mol. The fourth-order valence-corrected chi connectivity index (χ4v) is 4.57. The lowest BCUT2D eigenvalue weighted by atomic mass is 9.86. The number of fused-ring (bicyclic) bond motifs is 1. The summed E-state index contributed by atoms with van der Waals surface area (Å²) in [4.78, 5) is 29.2. The number of ketones is 1. The predicted octanol–water partition coefficient (Wildman–Crippen LogP) is 3.78. The first kappa shape index (κ1) is 16.9. The summed E-state index contributed by atoms with van der Waals surface area (Å²) in [5, 5.41) is 3.32. The van der Waals surface area contributed by atoms with E-state index in [-0.39, 0.29) is 17.1 Å². The third-order valence-electron chi connectivity index (χ3n) is 3.92. The van der Waals surface area contributed by atoms with Crippen LogP contribution in [0.5, 0.6) is 0 Å². The predicted molar refractivity (Wildman–Crippen MR) is 90.7 cm³/mol. The molecule has 3 heterocycles. The van der Waals surface area contributed by atoms with Crippen molar-refractivity contribution >= 4 is 28.0 Å². The van der Waals surface area contributed by atoms with Gasteiger partial charge in [-0.15, -0.1) is 11.3 Å². The van der Waals surface area contributed by atoms with Gasteiger partial charge in [0.05, 0.1) is 23.0 Å². The van der Waals surface area contributed by atoms with Gasteiger partial charge in [-0.25, -0.2) is 4.98 Å². The van der Waals surface area contributed by atoms with Gasteiger partial charge in [-0.05, 0) is 40.2 Å². The van der Waals surface area contributed by atoms with Crippen LogP contribution >= 0.6 is 11.3 Å². The lowest BCUT2D eigenvalue weighted by Gasteiger charge is -2.41. The Balaban J connectivity index is 2.07. The van der Waals surface area contributed by atoms with Crippen LogP contribution in [0.15, 0.2) is 17.0 Å². The molecule has 24 heavy (non-hydrogen) atoms. The monoisotopic (exact) mass is 348 g/mol. The molecule has 1 aliphatic heterocycles. The zero-order valence-electron chi connectivity index (χ0n) is 14.4. The summed E-state index contributed by atoms with van der Waals surface area (Å²) in [6.45, 7) is 9.49. The van der Waals surface area contributed by atoms with Crippen LogP contribution in [-0.2, 0) is 16.8 Å². The number of anilines is 1. The van der Waals surface area contributed by atoms with Crippen LogP contribution in [0.4, 0.5) is 5.00 Å². The maximum atomic E-state index is 12.3. The number of Topliss-reactive ketones (excluding diaryl/α,β-unsaturated/α-hetero) is 1. The SMILES string of the molecule is CC(=O)c1c(NC(=O)c2cnco2)sc2c1CC(C)(C)OC2(C)C. The van der Waals surface area contributed by atoms with E-state index < -0.39 is 11.5 Å². The van der Waals surface area contributed by atoms with Gasteiger partial charge in [0.15, 0.2) is 12.2 Å². The van der Waals surface area contributed by atoms with Crippen molar-refractivity contribution in [1.29, 1.82) is 0 Å². The van der Waals surface area contributed by atoms with Crippen molar-refractivity contribution in [2.75, 3.05) is 5.32 Å². The number of carbonyl (C=O) groups is 2. The third kappa shape index (κ3) is 2.89. The molecule has 0 atom stereocenters.